The van der Waals surface area contributed by atoms with Crippen LogP contribution < -0.4 is 10.5 Å². The number of unbranched alkanes of at least 4 members (excludes halogenated alkanes) is 1. The van der Waals surface area contributed by atoms with E-state index in [1.54, 1.807) is 0 Å². The quantitative estimate of drug-likeness (QED) is 0.736. The number of hydrogen-bond donors (Lipinski definition) is 1. The zero-order chi connectivity index (χ0) is 12.7. The van der Waals surface area contributed by atoms with Crippen molar-refractivity contribution >= 4 is 0 Å². The standard InChI is InChI=1S/C15H25NO/c1-12(2)11-17-15-8-7-14(13(3)10-15)6-4-5-9-16/h7-8,10,12H,4-6,9,11,16H2,1-3H3. The highest BCUT2D eigenvalue weighted by Crippen LogP contribution is 2.19. The predicted octanol–water partition coefficient (Wildman–Crippen LogP) is 3.31. The first-order valence-electron chi connectivity index (χ1n) is 6.56. The van der Waals surface area contributed by atoms with Crippen molar-refractivity contribution < 1.29 is 4.74 Å². The molecule has 1 aromatic carbocycles. The summed E-state index contributed by atoms with van der Waals surface area (Å²) in [5, 5.41) is 0. The van der Waals surface area contributed by atoms with Crippen LogP contribution in [0.3, 0.4) is 0 Å². The van der Waals surface area contributed by atoms with Crippen LogP contribution in [0.1, 0.15) is 37.8 Å². The van der Waals surface area contributed by atoms with Crippen LogP contribution in [-0.4, -0.2) is 13.2 Å². The summed E-state index contributed by atoms with van der Waals surface area (Å²) >= 11 is 0. The smallest absolute Gasteiger partial charge is 0.119 e. The zero-order valence-corrected chi connectivity index (χ0v) is 11.3. The van der Waals surface area contributed by atoms with Crippen LogP contribution in [0.5, 0.6) is 5.75 Å². The second kappa shape index (κ2) is 7.33. The Hall–Kier alpha value is -1.02. The van der Waals surface area contributed by atoms with Crippen LogP contribution in [0, 0.1) is 12.8 Å². The molecule has 0 heterocycles. The molecule has 2 heteroatoms. The van der Waals surface area contributed by atoms with E-state index < -0.39 is 0 Å². The Balaban J connectivity index is 2.53. The molecule has 0 unspecified atom stereocenters. The monoisotopic (exact) mass is 235 g/mol. The van der Waals surface area contributed by atoms with Crippen molar-refractivity contribution in [2.75, 3.05) is 13.2 Å². The first-order valence-corrected chi connectivity index (χ1v) is 6.56. The van der Waals surface area contributed by atoms with E-state index in [2.05, 4.69) is 39.0 Å². The lowest BCUT2D eigenvalue weighted by molar-refractivity contribution is 0.271. The predicted molar refractivity (Wildman–Crippen MR) is 73.5 cm³/mol. The second-order valence-corrected chi connectivity index (χ2v) is 5.04. The maximum Gasteiger partial charge on any atom is 0.119 e. The molecule has 2 nitrogen and oxygen atoms in total. The topological polar surface area (TPSA) is 35.2 Å². The molecule has 0 spiro atoms. The average Bonchev–Trinajstić information content (AvgIpc) is 2.29. The summed E-state index contributed by atoms with van der Waals surface area (Å²) in [4.78, 5) is 0. The molecule has 0 atom stereocenters. The fourth-order valence-corrected chi connectivity index (χ4v) is 1.76. The number of hydrogen-bond acceptors (Lipinski definition) is 2. The van der Waals surface area contributed by atoms with Crippen molar-refractivity contribution in [3.8, 4) is 5.75 Å². The van der Waals surface area contributed by atoms with E-state index in [1.165, 1.54) is 17.5 Å². The van der Waals surface area contributed by atoms with E-state index in [9.17, 15) is 0 Å². The zero-order valence-electron chi connectivity index (χ0n) is 11.3. The van der Waals surface area contributed by atoms with Gasteiger partial charge in [0.15, 0.2) is 0 Å². The Morgan fingerprint density at radius 3 is 2.59 bits per heavy atom. The molecule has 0 amide bonds. The Kier molecular flexibility index (Phi) is 6.06. The molecule has 2 N–H and O–H groups in total. The lowest BCUT2D eigenvalue weighted by atomic mass is 10.0. The second-order valence-electron chi connectivity index (χ2n) is 5.04. The summed E-state index contributed by atoms with van der Waals surface area (Å²) in [5.74, 6) is 1.55. The molecule has 0 aliphatic carbocycles. The van der Waals surface area contributed by atoms with Crippen molar-refractivity contribution in [1.29, 1.82) is 0 Å². The summed E-state index contributed by atoms with van der Waals surface area (Å²) in [6.45, 7) is 8.04. The molecule has 0 aromatic heterocycles. The minimum absolute atomic E-state index is 0.569. The molecular formula is C15H25NO. The van der Waals surface area contributed by atoms with Crippen molar-refractivity contribution in [3.63, 3.8) is 0 Å². The highest BCUT2D eigenvalue weighted by atomic mass is 16.5. The normalized spacial score (nSPS) is 10.9. The summed E-state index contributed by atoms with van der Waals surface area (Å²) in [7, 11) is 0. The van der Waals surface area contributed by atoms with Gasteiger partial charge in [0.1, 0.15) is 5.75 Å². The van der Waals surface area contributed by atoms with Gasteiger partial charge in [0.25, 0.3) is 0 Å². The molecule has 0 saturated carbocycles. The van der Waals surface area contributed by atoms with Gasteiger partial charge in [-0.1, -0.05) is 19.9 Å². The van der Waals surface area contributed by atoms with Crippen LogP contribution in [-0.2, 0) is 6.42 Å². The van der Waals surface area contributed by atoms with Crippen molar-refractivity contribution in [2.45, 2.75) is 40.0 Å². The maximum atomic E-state index is 5.71. The number of aryl methyl sites for hydroxylation is 2. The molecule has 96 valence electrons. The van der Waals surface area contributed by atoms with Gasteiger partial charge in [-0.15, -0.1) is 0 Å². The Morgan fingerprint density at radius 1 is 1.24 bits per heavy atom. The molecule has 0 fully saturated rings. The number of ether oxygens (including phenoxy) is 1. The van der Waals surface area contributed by atoms with Gasteiger partial charge in [-0.3, -0.25) is 0 Å². The molecule has 1 aromatic rings. The average molecular weight is 235 g/mol. The number of rotatable bonds is 7. The van der Waals surface area contributed by atoms with Gasteiger partial charge in [-0.2, -0.15) is 0 Å². The molecule has 0 saturated heterocycles. The largest absolute Gasteiger partial charge is 0.493 e. The van der Waals surface area contributed by atoms with Gasteiger partial charge in [0.05, 0.1) is 6.61 Å². The molecular weight excluding hydrogens is 210 g/mol. The van der Waals surface area contributed by atoms with Crippen LogP contribution >= 0.6 is 0 Å². The fraction of sp³-hybridized carbons (Fsp3) is 0.600. The Morgan fingerprint density at radius 2 is 2.00 bits per heavy atom. The summed E-state index contributed by atoms with van der Waals surface area (Å²) in [5.41, 5.74) is 8.24. The SMILES string of the molecule is Cc1cc(OCC(C)C)ccc1CCCCN. The van der Waals surface area contributed by atoms with Crippen LogP contribution in [0.15, 0.2) is 18.2 Å². The van der Waals surface area contributed by atoms with Crippen LogP contribution in [0.25, 0.3) is 0 Å². The third-order valence-corrected chi connectivity index (χ3v) is 2.80. The van der Waals surface area contributed by atoms with E-state index in [-0.39, 0.29) is 0 Å². The molecule has 17 heavy (non-hydrogen) atoms. The third-order valence-electron chi connectivity index (χ3n) is 2.80. The van der Waals surface area contributed by atoms with Gasteiger partial charge in [0.2, 0.25) is 0 Å². The van der Waals surface area contributed by atoms with Gasteiger partial charge in [-0.25, -0.2) is 0 Å². The van der Waals surface area contributed by atoms with E-state index in [0.29, 0.717) is 5.92 Å². The first kappa shape index (κ1) is 14.0. The molecule has 0 aliphatic rings. The maximum absolute atomic E-state index is 5.71. The van der Waals surface area contributed by atoms with Gasteiger partial charge in [0, 0.05) is 0 Å². The first-order chi connectivity index (χ1) is 8.13. The van der Waals surface area contributed by atoms with E-state index in [4.69, 9.17) is 10.5 Å². The van der Waals surface area contributed by atoms with Crippen molar-refractivity contribution in [3.05, 3.63) is 29.3 Å². The fourth-order valence-electron chi connectivity index (χ4n) is 1.76. The molecule has 0 aliphatic heterocycles. The summed E-state index contributed by atoms with van der Waals surface area (Å²) in [6.07, 6.45) is 3.39. The Bertz CT molecular complexity index is 334. The lowest BCUT2D eigenvalue weighted by Crippen LogP contribution is -2.05. The van der Waals surface area contributed by atoms with E-state index >= 15 is 0 Å². The van der Waals surface area contributed by atoms with Crippen molar-refractivity contribution in [1.82, 2.24) is 0 Å². The highest BCUT2D eigenvalue weighted by molar-refractivity contribution is 5.34. The summed E-state index contributed by atoms with van der Waals surface area (Å²) < 4.78 is 5.71. The number of benzene rings is 1. The van der Waals surface area contributed by atoms with Gasteiger partial charge < -0.3 is 10.5 Å². The van der Waals surface area contributed by atoms with Crippen LogP contribution in [0.4, 0.5) is 0 Å². The number of nitrogens with two attached hydrogens (primary N) is 1. The highest BCUT2D eigenvalue weighted by Gasteiger charge is 2.02. The van der Waals surface area contributed by atoms with E-state index in [1.807, 2.05) is 0 Å². The van der Waals surface area contributed by atoms with Crippen molar-refractivity contribution in [2.24, 2.45) is 11.7 Å². The van der Waals surface area contributed by atoms with Gasteiger partial charge >= 0.3 is 0 Å². The van der Waals surface area contributed by atoms with Crippen LogP contribution in [0.2, 0.25) is 0 Å². The minimum Gasteiger partial charge on any atom is -0.493 e. The minimum atomic E-state index is 0.569. The van der Waals surface area contributed by atoms with E-state index in [0.717, 1.165) is 31.7 Å². The molecule has 1 rings (SSSR count). The van der Waals surface area contributed by atoms with Gasteiger partial charge in [-0.05, 0) is 61.9 Å². The molecule has 0 bridgehead atoms. The summed E-state index contributed by atoms with van der Waals surface area (Å²) in [6, 6.07) is 6.40. The third kappa shape index (κ3) is 5.22. The lowest BCUT2D eigenvalue weighted by Gasteiger charge is -2.11. The molecule has 0 radical (unpaired) electrons. The Labute approximate surface area is 105 Å².